The van der Waals surface area contributed by atoms with Crippen LogP contribution in [0, 0.1) is 0 Å². The number of nitrogens with two attached hydrogens (primary N) is 1. The number of phenols is 1. The maximum Gasteiger partial charge on any atom is 0.125 e. The summed E-state index contributed by atoms with van der Waals surface area (Å²) in [5.74, 6) is 0.831. The van der Waals surface area contributed by atoms with Gasteiger partial charge in [-0.2, -0.15) is 0 Å². The molecular weight excluding hydrogens is 140 g/mol. The van der Waals surface area contributed by atoms with Crippen LogP contribution in [-0.2, 0) is 0 Å². The summed E-state index contributed by atoms with van der Waals surface area (Å²) in [6, 6.07) is 6.99. The molecule has 0 bridgehead atoms. The Morgan fingerprint density at radius 3 is 2.91 bits per heavy atom. The first-order valence-corrected chi connectivity index (χ1v) is 3.33. The van der Waals surface area contributed by atoms with Crippen molar-refractivity contribution in [3.05, 3.63) is 24.3 Å². The second-order valence-corrected chi connectivity index (χ2v) is 2.46. The number of aromatic amines is 1. The van der Waals surface area contributed by atoms with Gasteiger partial charge in [0.15, 0.2) is 0 Å². The summed E-state index contributed by atoms with van der Waals surface area (Å²) in [5, 5.41) is 10.1. The highest BCUT2D eigenvalue weighted by molar-refractivity contribution is 5.88. The molecule has 0 saturated carbocycles. The zero-order chi connectivity index (χ0) is 7.84. The maximum absolute atomic E-state index is 9.31. The Hall–Kier alpha value is -1.64. The molecule has 0 aliphatic carbocycles. The van der Waals surface area contributed by atoms with E-state index in [9.17, 15) is 5.11 Å². The maximum atomic E-state index is 9.31. The third kappa shape index (κ3) is 0.816. The van der Waals surface area contributed by atoms with Gasteiger partial charge in [0.05, 0.1) is 5.52 Å². The van der Waals surface area contributed by atoms with Crippen LogP contribution in [0.4, 0.5) is 5.82 Å². The Morgan fingerprint density at radius 1 is 1.36 bits per heavy atom. The zero-order valence-electron chi connectivity index (χ0n) is 5.83. The lowest BCUT2D eigenvalue weighted by Crippen LogP contribution is -1.80. The van der Waals surface area contributed by atoms with Crippen LogP contribution in [0.25, 0.3) is 10.9 Å². The molecule has 0 amide bonds. The van der Waals surface area contributed by atoms with Crippen molar-refractivity contribution in [3.63, 3.8) is 0 Å². The molecule has 0 aliphatic heterocycles. The fraction of sp³-hybridized carbons (Fsp3) is 0. The zero-order valence-corrected chi connectivity index (χ0v) is 5.83. The van der Waals surface area contributed by atoms with Crippen LogP contribution < -0.4 is 5.73 Å². The van der Waals surface area contributed by atoms with Gasteiger partial charge in [0.25, 0.3) is 0 Å². The molecule has 0 radical (unpaired) electrons. The largest absolute Gasteiger partial charge is 0.507 e. The number of anilines is 1. The summed E-state index contributed by atoms with van der Waals surface area (Å²) in [7, 11) is 0. The summed E-state index contributed by atoms with van der Waals surface area (Å²) >= 11 is 0. The number of nitrogens with one attached hydrogen (secondary N) is 1. The minimum atomic E-state index is 0.260. The van der Waals surface area contributed by atoms with Crippen molar-refractivity contribution in [1.82, 2.24) is 4.98 Å². The van der Waals surface area contributed by atoms with Crippen LogP contribution in [-0.4, -0.2) is 10.1 Å². The third-order valence-corrected chi connectivity index (χ3v) is 1.66. The van der Waals surface area contributed by atoms with Crippen molar-refractivity contribution in [3.8, 4) is 5.75 Å². The van der Waals surface area contributed by atoms with Crippen LogP contribution in [0.15, 0.2) is 24.3 Å². The number of nitrogen functional groups attached to an aromatic ring is 1. The molecule has 56 valence electrons. The lowest BCUT2D eigenvalue weighted by atomic mass is 10.2. The lowest BCUT2D eigenvalue weighted by molar-refractivity contribution is 0.482. The number of aromatic nitrogens is 1. The van der Waals surface area contributed by atoms with Crippen LogP contribution in [0.3, 0.4) is 0 Å². The van der Waals surface area contributed by atoms with Crippen LogP contribution in [0.1, 0.15) is 0 Å². The molecule has 11 heavy (non-hydrogen) atoms. The van der Waals surface area contributed by atoms with Gasteiger partial charge in [-0.15, -0.1) is 0 Å². The van der Waals surface area contributed by atoms with Gasteiger partial charge in [0.1, 0.15) is 11.6 Å². The van der Waals surface area contributed by atoms with Crippen LogP contribution in [0.5, 0.6) is 5.75 Å². The third-order valence-electron chi connectivity index (χ3n) is 1.66. The van der Waals surface area contributed by atoms with E-state index in [1.807, 2.05) is 6.07 Å². The quantitative estimate of drug-likeness (QED) is 0.529. The molecule has 1 aromatic heterocycles. The van der Waals surface area contributed by atoms with Crippen molar-refractivity contribution >= 4 is 16.7 Å². The number of hydrogen-bond donors (Lipinski definition) is 3. The first-order chi connectivity index (χ1) is 5.27. The van der Waals surface area contributed by atoms with Gasteiger partial charge in [-0.25, -0.2) is 0 Å². The summed E-state index contributed by atoms with van der Waals surface area (Å²) in [5.41, 5.74) is 6.36. The second kappa shape index (κ2) is 1.92. The predicted octanol–water partition coefficient (Wildman–Crippen LogP) is 1.46. The number of benzene rings is 1. The highest BCUT2D eigenvalue weighted by Gasteiger charge is 2.00. The van der Waals surface area contributed by atoms with E-state index in [1.165, 1.54) is 0 Å². The van der Waals surface area contributed by atoms with Crippen LogP contribution in [0.2, 0.25) is 0 Å². The predicted molar refractivity (Wildman–Crippen MR) is 44.4 cm³/mol. The second-order valence-electron chi connectivity index (χ2n) is 2.46. The Labute approximate surface area is 63.5 Å². The average molecular weight is 148 g/mol. The molecular formula is C8H8N2O. The van der Waals surface area contributed by atoms with E-state index >= 15 is 0 Å². The first kappa shape index (κ1) is 6.09. The smallest absolute Gasteiger partial charge is 0.125 e. The van der Waals surface area contributed by atoms with Gasteiger partial charge in [-0.3, -0.25) is 0 Å². The van der Waals surface area contributed by atoms with Crippen LogP contribution >= 0.6 is 0 Å². The summed E-state index contributed by atoms with van der Waals surface area (Å²) in [6.45, 7) is 0. The van der Waals surface area contributed by atoms with Gasteiger partial charge < -0.3 is 15.8 Å². The number of phenolic OH excluding ortho intramolecular Hbond substituents is 1. The molecule has 0 unspecified atom stereocenters. The Bertz CT molecular complexity index is 392. The molecule has 2 rings (SSSR count). The number of rotatable bonds is 0. The minimum absolute atomic E-state index is 0.260. The van der Waals surface area contributed by atoms with Gasteiger partial charge in [0, 0.05) is 5.39 Å². The highest BCUT2D eigenvalue weighted by Crippen LogP contribution is 2.25. The summed E-state index contributed by atoms with van der Waals surface area (Å²) < 4.78 is 0. The van der Waals surface area contributed by atoms with E-state index in [0.717, 1.165) is 10.9 Å². The monoisotopic (exact) mass is 148 g/mol. The number of aromatic hydroxyl groups is 1. The Kier molecular flexibility index (Phi) is 1.06. The normalized spacial score (nSPS) is 10.5. The van der Waals surface area contributed by atoms with Crippen molar-refractivity contribution in [1.29, 1.82) is 0 Å². The van der Waals surface area contributed by atoms with Crippen molar-refractivity contribution in [2.45, 2.75) is 0 Å². The molecule has 4 N–H and O–H groups in total. The molecule has 0 fully saturated rings. The number of fused-ring (bicyclic) bond motifs is 1. The van der Waals surface area contributed by atoms with Crippen molar-refractivity contribution < 1.29 is 5.11 Å². The van der Waals surface area contributed by atoms with E-state index in [-0.39, 0.29) is 5.75 Å². The van der Waals surface area contributed by atoms with E-state index in [1.54, 1.807) is 18.2 Å². The van der Waals surface area contributed by atoms with Gasteiger partial charge >= 0.3 is 0 Å². The fourth-order valence-corrected chi connectivity index (χ4v) is 1.16. The SMILES string of the molecule is Nc1cc2c(O)cccc2[nH]1. The first-order valence-electron chi connectivity index (χ1n) is 3.33. The van der Waals surface area contributed by atoms with Gasteiger partial charge in [-0.1, -0.05) is 6.07 Å². The minimum Gasteiger partial charge on any atom is -0.507 e. The number of H-pyrrole nitrogens is 1. The van der Waals surface area contributed by atoms with E-state index in [2.05, 4.69) is 4.98 Å². The Balaban J connectivity index is 2.90. The molecule has 0 spiro atoms. The molecule has 2 aromatic rings. The Morgan fingerprint density at radius 2 is 2.18 bits per heavy atom. The standard InChI is InChI=1S/C8H8N2O/c9-8-4-5-6(10-8)2-1-3-7(5)11/h1-4,10-11H,9H2. The molecule has 1 aromatic carbocycles. The van der Waals surface area contributed by atoms with E-state index in [4.69, 9.17) is 5.73 Å². The summed E-state index contributed by atoms with van der Waals surface area (Å²) in [4.78, 5) is 2.92. The lowest BCUT2D eigenvalue weighted by Gasteiger charge is -1.90. The fourth-order valence-electron chi connectivity index (χ4n) is 1.16. The molecule has 3 heteroatoms. The molecule has 1 heterocycles. The average Bonchev–Trinajstić information content (AvgIpc) is 2.31. The molecule has 0 saturated heterocycles. The highest BCUT2D eigenvalue weighted by atomic mass is 16.3. The molecule has 0 atom stereocenters. The van der Waals surface area contributed by atoms with Gasteiger partial charge in [0.2, 0.25) is 0 Å². The van der Waals surface area contributed by atoms with Gasteiger partial charge in [-0.05, 0) is 18.2 Å². The van der Waals surface area contributed by atoms with Crippen molar-refractivity contribution in [2.75, 3.05) is 5.73 Å². The molecule has 0 aliphatic rings. The number of hydrogen-bond acceptors (Lipinski definition) is 2. The molecule has 3 nitrogen and oxygen atoms in total. The van der Waals surface area contributed by atoms with E-state index in [0.29, 0.717) is 5.82 Å². The topological polar surface area (TPSA) is 62.0 Å². The summed E-state index contributed by atoms with van der Waals surface area (Å²) in [6.07, 6.45) is 0. The van der Waals surface area contributed by atoms with E-state index < -0.39 is 0 Å². The van der Waals surface area contributed by atoms with Crippen molar-refractivity contribution in [2.24, 2.45) is 0 Å².